The lowest BCUT2D eigenvalue weighted by Crippen LogP contribution is -2.37. The van der Waals surface area contributed by atoms with Crippen molar-refractivity contribution in [3.05, 3.63) is 30.0 Å². The summed E-state index contributed by atoms with van der Waals surface area (Å²) < 4.78 is 44.9. The molecule has 26 heavy (non-hydrogen) atoms. The van der Waals surface area contributed by atoms with Crippen LogP contribution in [0.25, 0.3) is 17.0 Å². The van der Waals surface area contributed by atoms with Crippen molar-refractivity contribution >= 4 is 11.7 Å². The van der Waals surface area contributed by atoms with Gasteiger partial charge in [0.1, 0.15) is 0 Å². The fourth-order valence-electron chi connectivity index (χ4n) is 2.73. The van der Waals surface area contributed by atoms with Gasteiger partial charge < -0.3 is 9.64 Å². The zero-order valence-electron chi connectivity index (χ0n) is 13.7. The van der Waals surface area contributed by atoms with E-state index in [2.05, 4.69) is 25.0 Å². The van der Waals surface area contributed by atoms with Crippen molar-refractivity contribution in [2.24, 2.45) is 0 Å². The highest BCUT2D eigenvalue weighted by Crippen LogP contribution is 2.28. The number of hydrogen-bond donors (Lipinski definition) is 0. The monoisotopic (exact) mass is 365 g/mol. The van der Waals surface area contributed by atoms with Crippen molar-refractivity contribution in [1.82, 2.24) is 29.5 Å². The van der Waals surface area contributed by atoms with Crippen LogP contribution in [0.5, 0.6) is 0 Å². The van der Waals surface area contributed by atoms with E-state index in [4.69, 9.17) is 4.74 Å². The van der Waals surface area contributed by atoms with Crippen molar-refractivity contribution in [3.8, 4) is 11.3 Å². The predicted molar refractivity (Wildman–Crippen MR) is 84.6 cm³/mol. The van der Waals surface area contributed by atoms with Crippen LogP contribution in [0, 0.1) is 6.92 Å². The summed E-state index contributed by atoms with van der Waals surface area (Å²) in [6.07, 6.45) is -1.57. The minimum absolute atomic E-state index is 0.110. The molecule has 4 heterocycles. The first kappa shape index (κ1) is 16.6. The van der Waals surface area contributed by atoms with E-state index in [0.717, 1.165) is 4.52 Å². The molecule has 3 aromatic rings. The molecule has 0 amide bonds. The molecule has 0 atom stereocenters. The van der Waals surface area contributed by atoms with Crippen LogP contribution < -0.4 is 4.90 Å². The van der Waals surface area contributed by atoms with Crippen LogP contribution in [0.15, 0.2) is 18.5 Å². The van der Waals surface area contributed by atoms with E-state index in [1.165, 1.54) is 6.20 Å². The summed E-state index contributed by atoms with van der Waals surface area (Å²) in [4.78, 5) is 18.2. The lowest BCUT2D eigenvalue weighted by molar-refractivity contribution is -0.144. The van der Waals surface area contributed by atoms with Crippen LogP contribution in [0.3, 0.4) is 0 Å². The first-order chi connectivity index (χ1) is 12.4. The molecule has 1 fully saturated rings. The second-order valence-electron chi connectivity index (χ2n) is 5.74. The fourth-order valence-corrected chi connectivity index (χ4v) is 2.73. The fraction of sp³-hybridized carbons (Fsp3) is 0.400. The average Bonchev–Trinajstić information content (AvgIpc) is 3.09. The standard InChI is InChI=1S/C15H14F3N7O/c1-9-10(8-20-14-22-12(15(16,17)18)23-25(9)14)11-2-3-19-13(21-11)24-4-6-26-7-5-24/h2-3,8H,4-7H2,1H3. The summed E-state index contributed by atoms with van der Waals surface area (Å²) in [5.41, 5.74) is 1.58. The Bertz CT molecular complexity index is 950. The minimum Gasteiger partial charge on any atom is -0.378 e. The largest absolute Gasteiger partial charge is 0.453 e. The molecule has 0 spiro atoms. The lowest BCUT2D eigenvalue weighted by Gasteiger charge is -2.26. The van der Waals surface area contributed by atoms with Crippen LogP contribution in [-0.4, -0.2) is 55.9 Å². The highest BCUT2D eigenvalue weighted by molar-refractivity contribution is 5.63. The first-order valence-electron chi connectivity index (χ1n) is 7.89. The molecule has 3 aromatic heterocycles. The number of halogens is 3. The molecule has 0 aromatic carbocycles. The minimum atomic E-state index is -4.63. The quantitative estimate of drug-likeness (QED) is 0.684. The molecule has 1 saturated heterocycles. The normalized spacial score (nSPS) is 15.6. The maximum Gasteiger partial charge on any atom is 0.453 e. The number of hydrogen-bond acceptors (Lipinski definition) is 7. The van der Waals surface area contributed by atoms with Gasteiger partial charge in [-0.1, -0.05) is 0 Å². The molecule has 8 nitrogen and oxygen atoms in total. The Morgan fingerprint density at radius 3 is 2.62 bits per heavy atom. The summed E-state index contributed by atoms with van der Waals surface area (Å²) in [5, 5.41) is 3.53. The average molecular weight is 365 g/mol. The molecule has 11 heteroatoms. The van der Waals surface area contributed by atoms with Gasteiger partial charge in [-0.2, -0.15) is 18.2 Å². The molecule has 1 aliphatic heterocycles. The second kappa shape index (κ2) is 6.16. The molecule has 0 bridgehead atoms. The summed E-state index contributed by atoms with van der Waals surface area (Å²) >= 11 is 0. The highest BCUT2D eigenvalue weighted by Gasteiger charge is 2.36. The third-order valence-corrected chi connectivity index (χ3v) is 4.07. The Kier molecular flexibility index (Phi) is 3.94. The van der Waals surface area contributed by atoms with Crippen LogP contribution in [0.1, 0.15) is 11.5 Å². The maximum absolute atomic E-state index is 12.8. The third-order valence-electron chi connectivity index (χ3n) is 4.07. The van der Waals surface area contributed by atoms with Crippen LogP contribution in [0.4, 0.5) is 19.1 Å². The molecule has 0 aliphatic carbocycles. The summed E-state index contributed by atoms with van der Waals surface area (Å²) in [6, 6.07) is 1.68. The molecule has 0 N–H and O–H groups in total. The van der Waals surface area contributed by atoms with Gasteiger partial charge in [-0.05, 0) is 13.0 Å². The molecule has 1 aliphatic rings. The number of aryl methyl sites for hydroxylation is 1. The zero-order valence-corrected chi connectivity index (χ0v) is 13.7. The Morgan fingerprint density at radius 2 is 1.88 bits per heavy atom. The number of fused-ring (bicyclic) bond motifs is 1. The van der Waals surface area contributed by atoms with Crippen molar-refractivity contribution in [2.75, 3.05) is 31.2 Å². The van der Waals surface area contributed by atoms with Gasteiger partial charge in [0.25, 0.3) is 11.6 Å². The van der Waals surface area contributed by atoms with Crippen molar-refractivity contribution in [2.45, 2.75) is 13.1 Å². The SMILES string of the molecule is Cc1c(-c2ccnc(N3CCOCC3)n2)cnc2nc(C(F)(F)F)nn12. The van der Waals surface area contributed by atoms with E-state index in [0.29, 0.717) is 49.2 Å². The topological polar surface area (TPSA) is 81.3 Å². The Labute approximate surface area is 145 Å². The third kappa shape index (κ3) is 2.94. The van der Waals surface area contributed by atoms with Gasteiger partial charge in [-0.25, -0.2) is 19.5 Å². The van der Waals surface area contributed by atoms with Gasteiger partial charge in [0.05, 0.1) is 24.6 Å². The number of ether oxygens (including phenoxy) is 1. The van der Waals surface area contributed by atoms with Gasteiger partial charge in [0, 0.05) is 31.0 Å². The molecule has 4 rings (SSSR count). The predicted octanol–water partition coefficient (Wildman–Crippen LogP) is 1.75. The number of morpholine rings is 1. The van der Waals surface area contributed by atoms with Crippen molar-refractivity contribution in [3.63, 3.8) is 0 Å². The van der Waals surface area contributed by atoms with Crippen LogP contribution >= 0.6 is 0 Å². The van der Waals surface area contributed by atoms with E-state index in [-0.39, 0.29) is 5.78 Å². The number of rotatable bonds is 2. The smallest absolute Gasteiger partial charge is 0.378 e. The van der Waals surface area contributed by atoms with Gasteiger partial charge in [-0.3, -0.25) is 0 Å². The molecule has 0 unspecified atom stereocenters. The maximum atomic E-state index is 12.8. The summed E-state index contributed by atoms with van der Waals surface area (Å²) in [6.45, 7) is 4.20. The van der Waals surface area contributed by atoms with E-state index in [1.807, 2.05) is 4.90 Å². The first-order valence-corrected chi connectivity index (χ1v) is 7.89. The van der Waals surface area contributed by atoms with Gasteiger partial charge >= 0.3 is 6.18 Å². The summed E-state index contributed by atoms with van der Waals surface area (Å²) in [7, 11) is 0. The van der Waals surface area contributed by atoms with E-state index in [9.17, 15) is 13.2 Å². The molecular weight excluding hydrogens is 351 g/mol. The zero-order chi connectivity index (χ0) is 18.3. The second-order valence-corrected chi connectivity index (χ2v) is 5.74. The van der Waals surface area contributed by atoms with E-state index in [1.54, 1.807) is 19.2 Å². The number of aromatic nitrogens is 6. The van der Waals surface area contributed by atoms with Crippen LogP contribution in [0.2, 0.25) is 0 Å². The van der Waals surface area contributed by atoms with Crippen LogP contribution in [-0.2, 0) is 10.9 Å². The Hall–Kier alpha value is -2.82. The van der Waals surface area contributed by atoms with E-state index >= 15 is 0 Å². The lowest BCUT2D eigenvalue weighted by atomic mass is 10.2. The van der Waals surface area contributed by atoms with Gasteiger partial charge in [-0.15, -0.1) is 5.10 Å². The van der Waals surface area contributed by atoms with E-state index < -0.39 is 12.0 Å². The molecule has 136 valence electrons. The Morgan fingerprint density at radius 1 is 1.12 bits per heavy atom. The molecule has 0 saturated carbocycles. The number of alkyl halides is 3. The number of anilines is 1. The number of nitrogens with zero attached hydrogens (tertiary/aromatic N) is 7. The Balaban J connectivity index is 1.75. The summed E-state index contributed by atoms with van der Waals surface area (Å²) in [5.74, 6) is -0.789. The van der Waals surface area contributed by atoms with Crippen molar-refractivity contribution < 1.29 is 17.9 Å². The van der Waals surface area contributed by atoms with Gasteiger partial charge in [0.2, 0.25) is 5.95 Å². The van der Waals surface area contributed by atoms with Gasteiger partial charge in [0.15, 0.2) is 0 Å². The molecule has 0 radical (unpaired) electrons. The van der Waals surface area contributed by atoms with Crippen molar-refractivity contribution in [1.29, 1.82) is 0 Å². The molecular formula is C15H14F3N7O. The highest BCUT2D eigenvalue weighted by atomic mass is 19.4.